The van der Waals surface area contributed by atoms with E-state index in [1.807, 2.05) is 44.2 Å². The molecule has 3 aromatic rings. The van der Waals surface area contributed by atoms with E-state index in [2.05, 4.69) is 10.3 Å². The minimum absolute atomic E-state index is 0.0636. The third-order valence-electron chi connectivity index (χ3n) is 4.62. The third kappa shape index (κ3) is 5.07. The first-order valence-corrected chi connectivity index (χ1v) is 10.2. The zero-order chi connectivity index (χ0) is 21.7. The Hall–Kier alpha value is -3.12. The van der Waals surface area contributed by atoms with Gasteiger partial charge in [0.05, 0.1) is 24.2 Å². The number of urea groups is 1. The average molecular weight is 426 g/mol. The molecule has 1 aromatic heterocycles. The Bertz CT molecular complexity index is 1050. The highest BCUT2D eigenvalue weighted by atomic mass is 35.5. The molecule has 0 saturated carbocycles. The molecule has 0 saturated heterocycles. The Kier molecular flexibility index (Phi) is 6.90. The van der Waals surface area contributed by atoms with Crippen molar-refractivity contribution in [2.75, 3.05) is 11.9 Å². The summed E-state index contributed by atoms with van der Waals surface area (Å²) in [7, 11) is 0. The molecule has 2 aromatic carbocycles. The van der Waals surface area contributed by atoms with Crippen LogP contribution in [0.15, 0.2) is 54.6 Å². The molecule has 0 aliphatic carbocycles. The van der Waals surface area contributed by atoms with E-state index in [4.69, 9.17) is 16.3 Å². The fraction of sp³-hybridized carbons (Fsp3) is 0.261. The van der Waals surface area contributed by atoms with Crippen LogP contribution in [-0.4, -0.2) is 34.5 Å². The SMILES string of the molecule is CCOC(=O)c1ccc(NC(=O)N(Cc2cc3ccccc3nc2Cl)C(C)C)cc1. The second kappa shape index (κ2) is 9.59. The van der Waals surface area contributed by atoms with Crippen LogP contribution in [-0.2, 0) is 11.3 Å². The summed E-state index contributed by atoms with van der Waals surface area (Å²) in [6.07, 6.45) is 0. The van der Waals surface area contributed by atoms with E-state index in [-0.39, 0.29) is 12.1 Å². The number of nitrogens with one attached hydrogen (secondary N) is 1. The summed E-state index contributed by atoms with van der Waals surface area (Å²) in [5, 5.41) is 4.22. The van der Waals surface area contributed by atoms with E-state index < -0.39 is 5.97 Å². The molecule has 0 spiro atoms. The van der Waals surface area contributed by atoms with E-state index in [1.54, 1.807) is 36.1 Å². The summed E-state index contributed by atoms with van der Waals surface area (Å²) in [4.78, 5) is 30.8. The largest absolute Gasteiger partial charge is 0.462 e. The monoisotopic (exact) mass is 425 g/mol. The molecule has 7 heteroatoms. The molecule has 6 nitrogen and oxygen atoms in total. The Balaban J connectivity index is 1.75. The molecule has 30 heavy (non-hydrogen) atoms. The van der Waals surface area contributed by atoms with Crippen molar-refractivity contribution in [3.63, 3.8) is 0 Å². The Morgan fingerprint density at radius 2 is 1.83 bits per heavy atom. The molecule has 3 rings (SSSR count). The van der Waals surface area contributed by atoms with Crippen LogP contribution in [0.25, 0.3) is 10.9 Å². The minimum Gasteiger partial charge on any atom is -0.462 e. The average Bonchev–Trinajstić information content (AvgIpc) is 2.72. The van der Waals surface area contributed by atoms with E-state index in [0.717, 1.165) is 16.5 Å². The van der Waals surface area contributed by atoms with E-state index >= 15 is 0 Å². The number of nitrogens with zero attached hydrogens (tertiary/aromatic N) is 2. The first kappa shape index (κ1) is 21.6. The number of esters is 1. The molecule has 0 unspecified atom stereocenters. The minimum atomic E-state index is -0.391. The van der Waals surface area contributed by atoms with Gasteiger partial charge >= 0.3 is 12.0 Å². The van der Waals surface area contributed by atoms with Crippen molar-refractivity contribution in [2.24, 2.45) is 0 Å². The number of aromatic nitrogens is 1. The number of hydrogen-bond acceptors (Lipinski definition) is 4. The normalized spacial score (nSPS) is 10.8. The lowest BCUT2D eigenvalue weighted by Gasteiger charge is -2.27. The summed E-state index contributed by atoms with van der Waals surface area (Å²) in [6, 6.07) is 15.9. The van der Waals surface area contributed by atoms with Crippen LogP contribution in [0.1, 0.15) is 36.7 Å². The zero-order valence-corrected chi connectivity index (χ0v) is 17.9. The number of carbonyl (C=O) groups is 2. The van der Waals surface area contributed by atoms with Gasteiger partial charge in [0, 0.05) is 22.7 Å². The molecule has 0 aliphatic heterocycles. The number of carbonyl (C=O) groups excluding carboxylic acids is 2. The summed E-state index contributed by atoms with van der Waals surface area (Å²) < 4.78 is 4.97. The third-order valence-corrected chi connectivity index (χ3v) is 4.95. The van der Waals surface area contributed by atoms with E-state index in [1.165, 1.54) is 0 Å². The topological polar surface area (TPSA) is 71.5 Å². The van der Waals surface area contributed by atoms with Crippen LogP contribution in [0.5, 0.6) is 0 Å². The molecule has 1 heterocycles. The number of para-hydroxylation sites is 1. The van der Waals surface area contributed by atoms with Gasteiger partial charge in [0.1, 0.15) is 5.15 Å². The number of benzene rings is 2. The molecule has 156 valence electrons. The van der Waals surface area contributed by atoms with E-state index in [9.17, 15) is 9.59 Å². The molecule has 0 fully saturated rings. The number of halogens is 1. The predicted molar refractivity (Wildman–Crippen MR) is 119 cm³/mol. The highest BCUT2D eigenvalue weighted by Gasteiger charge is 2.20. The Morgan fingerprint density at radius 3 is 2.50 bits per heavy atom. The molecule has 0 bridgehead atoms. The number of fused-ring (bicyclic) bond motifs is 1. The van der Waals surface area contributed by atoms with Crippen LogP contribution in [0, 0.1) is 0 Å². The summed E-state index contributed by atoms with van der Waals surface area (Å²) in [5.74, 6) is -0.391. The van der Waals surface area contributed by atoms with Crippen molar-refractivity contribution < 1.29 is 14.3 Å². The van der Waals surface area contributed by atoms with Crippen molar-refractivity contribution >= 4 is 40.2 Å². The molecule has 0 radical (unpaired) electrons. The summed E-state index contributed by atoms with van der Waals surface area (Å²) in [5.41, 5.74) is 2.61. The summed E-state index contributed by atoms with van der Waals surface area (Å²) in [6.45, 7) is 6.26. The van der Waals surface area contributed by atoms with Gasteiger partial charge in [0.25, 0.3) is 0 Å². The molecular weight excluding hydrogens is 402 g/mol. The van der Waals surface area contributed by atoms with E-state index in [0.29, 0.717) is 29.6 Å². The second-order valence-electron chi connectivity index (χ2n) is 7.08. The Labute approximate surface area is 180 Å². The second-order valence-corrected chi connectivity index (χ2v) is 7.44. The van der Waals surface area contributed by atoms with Gasteiger partial charge in [-0.3, -0.25) is 0 Å². The highest BCUT2D eigenvalue weighted by Crippen LogP contribution is 2.23. The summed E-state index contributed by atoms with van der Waals surface area (Å²) >= 11 is 6.38. The number of ether oxygens (including phenoxy) is 1. The smallest absolute Gasteiger partial charge is 0.338 e. The van der Waals surface area contributed by atoms with Gasteiger partial charge in [-0.1, -0.05) is 29.8 Å². The Morgan fingerprint density at radius 1 is 1.13 bits per heavy atom. The van der Waals surface area contributed by atoms with Crippen molar-refractivity contribution in [1.29, 1.82) is 0 Å². The van der Waals surface area contributed by atoms with Gasteiger partial charge in [-0.05, 0) is 57.2 Å². The number of anilines is 1. The zero-order valence-electron chi connectivity index (χ0n) is 17.2. The molecule has 1 N–H and O–H groups in total. The van der Waals surface area contributed by atoms with Gasteiger partial charge in [-0.25, -0.2) is 14.6 Å². The van der Waals surface area contributed by atoms with Crippen molar-refractivity contribution in [3.8, 4) is 0 Å². The lowest BCUT2D eigenvalue weighted by atomic mass is 10.1. The highest BCUT2D eigenvalue weighted by molar-refractivity contribution is 6.30. The molecule has 2 amide bonds. The first-order chi connectivity index (χ1) is 14.4. The van der Waals surface area contributed by atoms with Crippen LogP contribution in [0.3, 0.4) is 0 Å². The standard InChI is InChI=1S/C23H24ClN3O3/c1-4-30-22(28)16-9-11-19(12-10-16)25-23(29)27(15(2)3)14-18-13-17-7-5-6-8-20(17)26-21(18)24/h5-13,15H,4,14H2,1-3H3,(H,25,29). The van der Waals surface area contributed by atoms with Crippen LogP contribution < -0.4 is 5.32 Å². The maximum atomic E-state index is 12.9. The van der Waals surface area contributed by atoms with Crippen molar-refractivity contribution in [3.05, 3.63) is 70.9 Å². The van der Waals surface area contributed by atoms with Gasteiger partial charge in [0.15, 0.2) is 0 Å². The number of hydrogen-bond donors (Lipinski definition) is 1. The fourth-order valence-electron chi connectivity index (χ4n) is 3.02. The van der Waals surface area contributed by atoms with Gasteiger partial charge in [0.2, 0.25) is 0 Å². The molecule has 0 aliphatic rings. The fourth-order valence-corrected chi connectivity index (χ4v) is 3.22. The first-order valence-electron chi connectivity index (χ1n) is 9.78. The number of rotatable bonds is 6. The van der Waals surface area contributed by atoms with Crippen LogP contribution >= 0.6 is 11.6 Å². The van der Waals surface area contributed by atoms with Crippen LogP contribution in [0.4, 0.5) is 10.5 Å². The lowest BCUT2D eigenvalue weighted by molar-refractivity contribution is 0.0526. The molecular formula is C23H24ClN3O3. The predicted octanol–water partition coefficient (Wildman–Crippen LogP) is 5.51. The quantitative estimate of drug-likeness (QED) is 0.417. The number of pyridine rings is 1. The maximum absolute atomic E-state index is 12.9. The van der Waals surface area contributed by atoms with Gasteiger partial charge < -0.3 is 15.0 Å². The van der Waals surface area contributed by atoms with Gasteiger partial charge in [-0.15, -0.1) is 0 Å². The lowest BCUT2D eigenvalue weighted by Crippen LogP contribution is -2.39. The number of amides is 2. The van der Waals surface area contributed by atoms with Crippen molar-refractivity contribution in [1.82, 2.24) is 9.88 Å². The van der Waals surface area contributed by atoms with Gasteiger partial charge in [-0.2, -0.15) is 0 Å². The maximum Gasteiger partial charge on any atom is 0.338 e. The van der Waals surface area contributed by atoms with Crippen LogP contribution in [0.2, 0.25) is 5.15 Å². The van der Waals surface area contributed by atoms with Crippen molar-refractivity contribution in [2.45, 2.75) is 33.4 Å². The molecule has 0 atom stereocenters.